The summed E-state index contributed by atoms with van der Waals surface area (Å²) >= 11 is 0. The molecule has 2 rings (SSSR count). The number of ether oxygens (including phenoxy) is 1. The van der Waals surface area contributed by atoms with Gasteiger partial charge in [-0.15, -0.1) is 0 Å². The smallest absolute Gasteiger partial charge is 0.310 e. The van der Waals surface area contributed by atoms with Crippen LogP contribution in [0.25, 0.3) is 0 Å². The molecular weight excluding hydrogens is 319 g/mol. The molecule has 124 valence electrons. The van der Waals surface area contributed by atoms with Gasteiger partial charge in [0.05, 0.1) is 16.9 Å². The van der Waals surface area contributed by atoms with Crippen LogP contribution in [0.2, 0.25) is 0 Å². The van der Waals surface area contributed by atoms with Crippen LogP contribution in [0, 0.1) is 15.9 Å². The second kappa shape index (κ2) is 7.32. The van der Waals surface area contributed by atoms with Gasteiger partial charge in [0.1, 0.15) is 12.4 Å². The summed E-state index contributed by atoms with van der Waals surface area (Å²) < 4.78 is 18.4. The lowest BCUT2D eigenvalue weighted by Crippen LogP contribution is -2.13. The average molecular weight is 332 g/mol. The lowest BCUT2D eigenvalue weighted by atomic mass is 10.1. The Morgan fingerprint density at radius 1 is 1.17 bits per heavy atom. The van der Waals surface area contributed by atoms with Gasteiger partial charge in [-0.25, -0.2) is 4.39 Å². The van der Waals surface area contributed by atoms with E-state index in [1.54, 1.807) is 6.07 Å². The Hall–Kier alpha value is -3.29. The summed E-state index contributed by atoms with van der Waals surface area (Å²) in [6.45, 7) is -0.372. The minimum absolute atomic E-state index is 0.0249. The van der Waals surface area contributed by atoms with Crippen molar-refractivity contribution in [1.29, 1.82) is 0 Å². The maximum absolute atomic E-state index is 13.5. The molecule has 0 spiro atoms. The van der Waals surface area contributed by atoms with Crippen molar-refractivity contribution in [3.05, 3.63) is 75.1 Å². The molecule has 0 aromatic heterocycles. The van der Waals surface area contributed by atoms with Crippen molar-refractivity contribution in [2.24, 2.45) is 5.73 Å². The monoisotopic (exact) mass is 332 g/mol. The summed E-state index contributed by atoms with van der Waals surface area (Å²) in [6.07, 6.45) is -0.292. The molecule has 0 aliphatic carbocycles. The molecule has 7 nitrogen and oxygen atoms in total. The third kappa shape index (κ3) is 4.13. The number of carbonyl (C=O) groups is 2. The number of rotatable bonds is 6. The number of nitro benzene ring substituents is 1. The Kier molecular flexibility index (Phi) is 5.20. The van der Waals surface area contributed by atoms with Crippen LogP contribution in [0.5, 0.6) is 0 Å². The van der Waals surface area contributed by atoms with Crippen LogP contribution in [0.4, 0.5) is 10.1 Å². The van der Waals surface area contributed by atoms with Crippen LogP contribution in [0.15, 0.2) is 42.5 Å². The summed E-state index contributed by atoms with van der Waals surface area (Å²) in [5.41, 5.74) is 4.93. The molecule has 0 aliphatic rings. The SMILES string of the molecule is NC(=O)c1ccc(COC(=O)Cc2ccccc2F)c([N+](=O)[O-])c1. The number of nitro groups is 1. The molecule has 0 saturated carbocycles. The lowest BCUT2D eigenvalue weighted by Gasteiger charge is -2.07. The van der Waals surface area contributed by atoms with Crippen LogP contribution in [0.1, 0.15) is 21.5 Å². The summed E-state index contributed by atoms with van der Waals surface area (Å²) in [5.74, 6) is -2.07. The standard InChI is InChI=1S/C16H13FN2O5/c17-13-4-2-1-3-10(13)8-15(20)24-9-12-6-5-11(16(18)21)7-14(12)19(22)23/h1-7H,8-9H2,(H2,18,21). The quantitative estimate of drug-likeness (QED) is 0.494. The highest BCUT2D eigenvalue weighted by Crippen LogP contribution is 2.21. The van der Waals surface area contributed by atoms with E-state index in [0.29, 0.717) is 0 Å². The van der Waals surface area contributed by atoms with Crippen molar-refractivity contribution in [2.75, 3.05) is 0 Å². The van der Waals surface area contributed by atoms with Gasteiger partial charge in [0.25, 0.3) is 5.69 Å². The zero-order valence-corrected chi connectivity index (χ0v) is 12.4. The van der Waals surface area contributed by atoms with Gasteiger partial charge < -0.3 is 10.5 Å². The van der Waals surface area contributed by atoms with E-state index in [1.807, 2.05) is 0 Å². The summed E-state index contributed by atoms with van der Waals surface area (Å²) in [4.78, 5) is 33.2. The molecule has 0 atom stereocenters. The van der Waals surface area contributed by atoms with Crippen molar-refractivity contribution in [3.8, 4) is 0 Å². The van der Waals surface area contributed by atoms with Gasteiger partial charge in [0.2, 0.25) is 5.91 Å². The minimum Gasteiger partial charge on any atom is -0.460 e. The molecule has 0 radical (unpaired) electrons. The van der Waals surface area contributed by atoms with Gasteiger partial charge in [-0.1, -0.05) is 18.2 Å². The van der Waals surface area contributed by atoms with Gasteiger partial charge in [-0.05, 0) is 23.8 Å². The van der Waals surface area contributed by atoms with E-state index in [-0.39, 0.29) is 35.4 Å². The second-order valence-electron chi connectivity index (χ2n) is 4.89. The van der Waals surface area contributed by atoms with Gasteiger partial charge in [0.15, 0.2) is 0 Å². The number of nitrogens with two attached hydrogens (primary N) is 1. The normalized spacial score (nSPS) is 10.2. The van der Waals surface area contributed by atoms with Crippen molar-refractivity contribution in [1.82, 2.24) is 0 Å². The number of benzene rings is 2. The van der Waals surface area contributed by atoms with E-state index in [1.165, 1.54) is 30.3 Å². The van der Waals surface area contributed by atoms with E-state index in [2.05, 4.69) is 0 Å². The first-order valence-corrected chi connectivity index (χ1v) is 6.84. The van der Waals surface area contributed by atoms with E-state index in [9.17, 15) is 24.1 Å². The molecule has 0 bridgehead atoms. The highest BCUT2D eigenvalue weighted by Gasteiger charge is 2.18. The molecule has 8 heteroatoms. The van der Waals surface area contributed by atoms with Crippen LogP contribution >= 0.6 is 0 Å². The third-order valence-corrected chi connectivity index (χ3v) is 3.25. The molecule has 2 N–H and O–H groups in total. The zero-order valence-electron chi connectivity index (χ0n) is 12.4. The molecule has 0 saturated heterocycles. The summed E-state index contributed by atoms with van der Waals surface area (Å²) in [6, 6.07) is 9.34. The summed E-state index contributed by atoms with van der Waals surface area (Å²) in [7, 11) is 0. The van der Waals surface area contributed by atoms with E-state index in [0.717, 1.165) is 6.07 Å². The Labute approximate surface area is 136 Å². The summed E-state index contributed by atoms with van der Waals surface area (Å²) in [5, 5.41) is 11.0. The number of carbonyl (C=O) groups excluding carboxylic acids is 2. The molecule has 0 fully saturated rings. The van der Waals surface area contributed by atoms with Gasteiger partial charge in [-0.3, -0.25) is 19.7 Å². The molecule has 0 heterocycles. The number of hydrogen-bond acceptors (Lipinski definition) is 5. The van der Waals surface area contributed by atoms with E-state index in [4.69, 9.17) is 10.5 Å². The van der Waals surface area contributed by atoms with Gasteiger partial charge in [0, 0.05) is 11.6 Å². The molecular formula is C16H13FN2O5. The van der Waals surface area contributed by atoms with Gasteiger partial charge in [-0.2, -0.15) is 0 Å². The third-order valence-electron chi connectivity index (χ3n) is 3.25. The van der Waals surface area contributed by atoms with Gasteiger partial charge >= 0.3 is 5.97 Å². The first-order valence-electron chi connectivity index (χ1n) is 6.84. The highest BCUT2D eigenvalue weighted by atomic mass is 19.1. The van der Waals surface area contributed by atoms with Crippen molar-refractivity contribution in [2.45, 2.75) is 13.0 Å². The van der Waals surface area contributed by atoms with Crippen molar-refractivity contribution < 1.29 is 23.6 Å². The lowest BCUT2D eigenvalue weighted by molar-refractivity contribution is -0.385. The highest BCUT2D eigenvalue weighted by molar-refractivity contribution is 5.93. The minimum atomic E-state index is -0.804. The van der Waals surface area contributed by atoms with E-state index >= 15 is 0 Å². The first kappa shape index (κ1) is 17.1. The molecule has 24 heavy (non-hydrogen) atoms. The van der Waals surface area contributed by atoms with Crippen LogP contribution < -0.4 is 5.73 Å². The molecule has 0 aliphatic heterocycles. The fourth-order valence-corrected chi connectivity index (χ4v) is 2.02. The van der Waals surface area contributed by atoms with Crippen LogP contribution in [-0.2, 0) is 22.6 Å². The largest absolute Gasteiger partial charge is 0.460 e. The number of halogens is 1. The number of esters is 1. The van der Waals surface area contributed by atoms with E-state index < -0.39 is 22.6 Å². The average Bonchev–Trinajstić information content (AvgIpc) is 2.54. The van der Waals surface area contributed by atoms with Crippen molar-refractivity contribution in [3.63, 3.8) is 0 Å². The Bertz CT molecular complexity index is 807. The number of nitrogens with zero attached hydrogens (tertiary/aromatic N) is 1. The fraction of sp³-hybridized carbons (Fsp3) is 0.125. The Balaban J connectivity index is 2.08. The number of primary amides is 1. The fourth-order valence-electron chi connectivity index (χ4n) is 2.02. The van der Waals surface area contributed by atoms with Crippen LogP contribution in [-0.4, -0.2) is 16.8 Å². The molecule has 2 aromatic carbocycles. The van der Waals surface area contributed by atoms with Crippen LogP contribution in [0.3, 0.4) is 0 Å². The second-order valence-corrected chi connectivity index (χ2v) is 4.89. The predicted molar refractivity (Wildman–Crippen MR) is 81.5 cm³/mol. The predicted octanol–water partition coefficient (Wildman–Crippen LogP) is 2.12. The maximum Gasteiger partial charge on any atom is 0.310 e. The number of amides is 1. The first-order chi connectivity index (χ1) is 11.4. The van der Waals surface area contributed by atoms with Crippen molar-refractivity contribution >= 4 is 17.6 Å². The molecule has 1 amide bonds. The molecule has 2 aromatic rings. The zero-order chi connectivity index (χ0) is 17.7. The topological polar surface area (TPSA) is 113 Å². The molecule has 0 unspecified atom stereocenters. The Morgan fingerprint density at radius 2 is 1.88 bits per heavy atom. The Morgan fingerprint density at radius 3 is 2.50 bits per heavy atom. The number of hydrogen-bond donors (Lipinski definition) is 1. The maximum atomic E-state index is 13.5.